The molecule has 0 bridgehead atoms. The Bertz CT molecular complexity index is 315. The van der Waals surface area contributed by atoms with Gasteiger partial charge in [-0.3, -0.25) is 0 Å². The molecule has 1 aliphatic rings. The Kier molecular flexibility index (Phi) is 3.88. The third-order valence-electron chi connectivity index (χ3n) is 2.42. The van der Waals surface area contributed by atoms with E-state index in [-0.39, 0.29) is 5.28 Å². The van der Waals surface area contributed by atoms with Crippen LogP contribution in [0.25, 0.3) is 0 Å². The topological polar surface area (TPSA) is 47.0 Å². The van der Waals surface area contributed by atoms with Crippen LogP contribution in [-0.4, -0.2) is 29.2 Å². The monoisotopic (exact) mass is 227 g/mol. The molecule has 15 heavy (non-hydrogen) atoms. The van der Waals surface area contributed by atoms with Crippen LogP contribution in [0.4, 0.5) is 0 Å². The van der Waals surface area contributed by atoms with Crippen LogP contribution in [-0.2, 0) is 11.3 Å². The molecule has 1 N–H and O–H groups in total. The van der Waals surface area contributed by atoms with Gasteiger partial charge in [-0.25, -0.2) is 9.97 Å². The van der Waals surface area contributed by atoms with Gasteiger partial charge in [0.1, 0.15) is 0 Å². The summed E-state index contributed by atoms with van der Waals surface area (Å²) in [5.74, 6) is 0. The van der Waals surface area contributed by atoms with E-state index in [1.54, 1.807) is 6.20 Å². The molecule has 0 spiro atoms. The van der Waals surface area contributed by atoms with Crippen molar-refractivity contribution in [2.24, 2.45) is 0 Å². The van der Waals surface area contributed by atoms with E-state index in [9.17, 15) is 0 Å². The van der Waals surface area contributed by atoms with Gasteiger partial charge in [-0.05, 0) is 37.1 Å². The highest BCUT2D eigenvalue weighted by Gasteiger charge is 2.13. The lowest BCUT2D eigenvalue weighted by atomic mass is 10.2. The molecule has 2 heterocycles. The van der Waals surface area contributed by atoms with Gasteiger partial charge in [-0.2, -0.15) is 0 Å². The molecule has 0 unspecified atom stereocenters. The van der Waals surface area contributed by atoms with Gasteiger partial charge in [-0.1, -0.05) is 0 Å². The van der Waals surface area contributed by atoms with Crippen molar-refractivity contribution in [1.29, 1.82) is 0 Å². The van der Waals surface area contributed by atoms with Crippen molar-refractivity contribution in [3.63, 3.8) is 0 Å². The number of ether oxygens (including phenoxy) is 1. The van der Waals surface area contributed by atoms with Gasteiger partial charge in [0.2, 0.25) is 5.28 Å². The van der Waals surface area contributed by atoms with Crippen LogP contribution in [0.5, 0.6) is 0 Å². The van der Waals surface area contributed by atoms with E-state index in [0.29, 0.717) is 12.6 Å². The van der Waals surface area contributed by atoms with Crippen LogP contribution in [0, 0.1) is 0 Å². The van der Waals surface area contributed by atoms with Crippen molar-refractivity contribution in [2.45, 2.75) is 25.5 Å². The summed E-state index contributed by atoms with van der Waals surface area (Å²) in [7, 11) is 0. The van der Waals surface area contributed by atoms with Crippen molar-refractivity contribution >= 4 is 11.6 Å². The summed E-state index contributed by atoms with van der Waals surface area (Å²) in [5.41, 5.74) is 0.827. The molecule has 0 saturated carbocycles. The minimum Gasteiger partial charge on any atom is -0.374 e. The summed E-state index contributed by atoms with van der Waals surface area (Å²) >= 11 is 5.66. The fourth-order valence-corrected chi connectivity index (χ4v) is 1.82. The van der Waals surface area contributed by atoms with E-state index in [1.165, 1.54) is 12.8 Å². The average molecular weight is 228 g/mol. The molecule has 4 nitrogen and oxygen atoms in total. The summed E-state index contributed by atoms with van der Waals surface area (Å²) < 4.78 is 5.55. The zero-order chi connectivity index (χ0) is 10.5. The molecule has 0 aliphatic carbocycles. The van der Waals surface area contributed by atoms with E-state index in [2.05, 4.69) is 15.3 Å². The molecule has 82 valence electrons. The molecule has 2 rings (SSSR count). The maximum atomic E-state index is 5.66. The van der Waals surface area contributed by atoms with Gasteiger partial charge in [0.25, 0.3) is 0 Å². The second-order valence-corrected chi connectivity index (χ2v) is 3.96. The molecule has 1 atom stereocenters. The number of rotatable bonds is 4. The van der Waals surface area contributed by atoms with Gasteiger partial charge in [0.05, 0.1) is 18.9 Å². The Morgan fingerprint density at radius 3 is 3.27 bits per heavy atom. The summed E-state index contributed by atoms with van der Waals surface area (Å²) in [4.78, 5) is 7.86. The fourth-order valence-electron chi connectivity index (χ4n) is 1.65. The van der Waals surface area contributed by atoms with E-state index >= 15 is 0 Å². The van der Waals surface area contributed by atoms with Crippen molar-refractivity contribution in [1.82, 2.24) is 15.3 Å². The molecule has 1 saturated heterocycles. The minimum atomic E-state index is 0.273. The second kappa shape index (κ2) is 5.39. The molecule has 5 heteroatoms. The lowest BCUT2D eigenvalue weighted by molar-refractivity contribution is 0.101. The number of hydrogen-bond acceptors (Lipinski definition) is 4. The van der Waals surface area contributed by atoms with Crippen LogP contribution in [0.1, 0.15) is 18.5 Å². The first kappa shape index (κ1) is 10.8. The third-order valence-corrected chi connectivity index (χ3v) is 2.60. The lowest BCUT2D eigenvalue weighted by Crippen LogP contribution is -2.26. The van der Waals surface area contributed by atoms with E-state index in [4.69, 9.17) is 16.3 Å². The highest BCUT2D eigenvalue weighted by molar-refractivity contribution is 6.28. The molecular formula is C10H14ClN3O. The first-order valence-corrected chi connectivity index (χ1v) is 5.51. The van der Waals surface area contributed by atoms with Crippen molar-refractivity contribution in [3.8, 4) is 0 Å². The predicted molar refractivity (Wildman–Crippen MR) is 57.7 cm³/mol. The predicted octanol–water partition coefficient (Wildman–Crippen LogP) is 1.40. The zero-order valence-corrected chi connectivity index (χ0v) is 9.20. The van der Waals surface area contributed by atoms with Crippen LogP contribution >= 0.6 is 11.6 Å². The van der Waals surface area contributed by atoms with Gasteiger partial charge >= 0.3 is 0 Å². The smallest absolute Gasteiger partial charge is 0.222 e. The Morgan fingerprint density at radius 2 is 2.53 bits per heavy atom. The molecular weight excluding hydrogens is 214 g/mol. The Balaban J connectivity index is 1.73. The number of halogens is 1. The van der Waals surface area contributed by atoms with E-state index < -0.39 is 0 Å². The molecule has 0 radical (unpaired) electrons. The van der Waals surface area contributed by atoms with Gasteiger partial charge in [0.15, 0.2) is 0 Å². The van der Waals surface area contributed by atoms with Crippen LogP contribution < -0.4 is 5.32 Å². The van der Waals surface area contributed by atoms with E-state index in [1.807, 2.05) is 6.07 Å². The largest absolute Gasteiger partial charge is 0.374 e. The lowest BCUT2D eigenvalue weighted by Gasteiger charge is -2.10. The quantitative estimate of drug-likeness (QED) is 0.790. The summed E-state index contributed by atoms with van der Waals surface area (Å²) in [6.45, 7) is 2.34. The normalized spacial score (nSPS) is 20.7. The van der Waals surface area contributed by atoms with Crippen LogP contribution in [0.15, 0.2) is 12.3 Å². The fraction of sp³-hybridized carbons (Fsp3) is 0.600. The summed E-state index contributed by atoms with van der Waals surface area (Å²) in [6.07, 6.45) is 4.08. The maximum absolute atomic E-state index is 5.66. The van der Waals surface area contributed by atoms with Crippen molar-refractivity contribution in [3.05, 3.63) is 23.2 Å². The number of nitrogens with one attached hydrogen (secondary N) is 1. The summed E-state index contributed by atoms with van der Waals surface area (Å²) in [6, 6.07) is 2.32. The highest BCUT2D eigenvalue weighted by atomic mass is 35.5. The second-order valence-electron chi connectivity index (χ2n) is 3.63. The van der Waals surface area contributed by atoms with Crippen molar-refractivity contribution < 1.29 is 4.74 Å². The first-order chi connectivity index (χ1) is 7.34. The standard InChI is InChI=1S/C10H14ClN3O/c11-10-13-5-3-9(14-10)7-15-6-8-2-1-4-12-8/h3,5,8,12H,1-2,4,6-7H2/t8-/m0/s1. The highest BCUT2D eigenvalue weighted by Crippen LogP contribution is 2.07. The Hall–Kier alpha value is -0.710. The minimum absolute atomic E-state index is 0.273. The van der Waals surface area contributed by atoms with Gasteiger partial charge < -0.3 is 10.1 Å². The molecule has 0 amide bonds. The Labute approximate surface area is 94.0 Å². The first-order valence-electron chi connectivity index (χ1n) is 5.13. The number of nitrogens with zero attached hydrogens (tertiary/aromatic N) is 2. The number of aromatic nitrogens is 2. The zero-order valence-electron chi connectivity index (χ0n) is 8.45. The maximum Gasteiger partial charge on any atom is 0.222 e. The van der Waals surface area contributed by atoms with Gasteiger partial charge in [0, 0.05) is 12.2 Å². The molecule has 1 aromatic rings. The van der Waals surface area contributed by atoms with Crippen molar-refractivity contribution in [2.75, 3.05) is 13.2 Å². The van der Waals surface area contributed by atoms with Crippen LogP contribution in [0.3, 0.4) is 0 Å². The molecule has 1 aliphatic heterocycles. The van der Waals surface area contributed by atoms with Gasteiger partial charge in [-0.15, -0.1) is 0 Å². The number of hydrogen-bond donors (Lipinski definition) is 1. The molecule has 1 aromatic heterocycles. The average Bonchev–Trinajstić information content (AvgIpc) is 2.71. The van der Waals surface area contributed by atoms with Crippen LogP contribution in [0.2, 0.25) is 5.28 Å². The SMILES string of the molecule is Clc1nccc(COC[C@@H]2CCCN2)n1. The summed E-state index contributed by atoms with van der Waals surface area (Å²) in [5, 5.41) is 3.64. The molecule has 0 aromatic carbocycles. The third kappa shape index (κ3) is 3.41. The Morgan fingerprint density at radius 1 is 1.60 bits per heavy atom. The molecule has 1 fully saturated rings. The van der Waals surface area contributed by atoms with E-state index in [0.717, 1.165) is 18.8 Å².